The molecule has 3 aromatic rings. The van der Waals surface area contributed by atoms with Gasteiger partial charge in [-0.05, 0) is 66.2 Å². The van der Waals surface area contributed by atoms with Gasteiger partial charge in [0.15, 0.2) is 0 Å². The van der Waals surface area contributed by atoms with E-state index in [1.54, 1.807) is 31.2 Å². The quantitative estimate of drug-likeness (QED) is 0.632. The molecule has 1 heterocycles. The summed E-state index contributed by atoms with van der Waals surface area (Å²) in [6.07, 6.45) is 0. The monoisotopic (exact) mass is 387 g/mol. The fraction of sp³-hybridized carbons (Fsp3) is 0.222. The normalized spacial score (nSPS) is 13.1. The lowest BCUT2D eigenvalue weighted by Crippen LogP contribution is -2.33. The van der Waals surface area contributed by atoms with Crippen molar-refractivity contribution in [1.82, 2.24) is 25.5 Å². The van der Waals surface area contributed by atoms with E-state index in [-0.39, 0.29) is 23.5 Å². The number of nitrogens with one attached hydrogen (secondary N) is 1. The first kappa shape index (κ1) is 18.8. The summed E-state index contributed by atoms with van der Waals surface area (Å²) >= 11 is 1.22. The Hall–Kier alpha value is -2.94. The maximum Gasteiger partial charge on any atom is 0.233 e. The number of aromatic hydroxyl groups is 1. The number of benzene rings is 2. The molecule has 0 aliphatic carbocycles. The molecule has 0 radical (unpaired) electrons. The minimum atomic E-state index is -0.449. The molecule has 0 bridgehead atoms. The van der Waals surface area contributed by atoms with Gasteiger partial charge in [0.2, 0.25) is 11.1 Å². The molecule has 0 saturated heterocycles. The number of carbonyl (C=O) groups excluding carboxylic acids is 1. The average molecular weight is 387 g/mol. The maximum absolute atomic E-state index is 13.0. The summed E-state index contributed by atoms with van der Waals surface area (Å²) in [6.45, 7) is 3.59. The summed E-state index contributed by atoms with van der Waals surface area (Å²) in [5.41, 5.74) is 1.49. The lowest BCUT2D eigenvalue weighted by molar-refractivity contribution is -0.120. The van der Waals surface area contributed by atoms with E-state index in [4.69, 9.17) is 0 Å². The molecular formula is C18H18FN5O2S. The minimum absolute atomic E-state index is 0.142. The molecule has 27 heavy (non-hydrogen) atoms. The van der Waals surface area contributed by atoms with Crippen molar-refractivity contribution in [2.24, 2.45) is 0 Å². The summed E-state index contributed by atoms with van der Waals surface area (Å²) in [5, 5.41) is 23.9. The number of halogens is 1. The number of nitrogens with zero attached hydrogens (tertiary/aromatic N) is 4. The van der Waals surface area contributed by atoms with Gasteiger partial charge in [0.05, 0.1) is 17.0 Å². The van der Waals surface area contributed by atoms with E-state index in [0.29, 0.717) is 10.8 Å². The van der Waals surface area contributed by atoms with Gasteiger partial charge in [-0.3, -0.25) is 4.79 Å². The van der Waals surface area contributed by atoms with Crippen molar-refractivity contribution in [1.29, 1.82) is 0 Å². The average Bonchev–Trinajstić information content (AvgIpc) is 3.10. The van der Waals surface area contributed by atoms with Crippen LogP contribution in [0, 0.1) is 5.82 Å². The molecule has 0 unspecified atom stereocenters. The van der Waals surface area contributed by atoms with Crippen LogP contribution in [0.2, 0.25) is 0 Å². The molecule has 7 nitrogen and oxygen atoms in total. The second-order valence-corrected chi connectivity index (χ2v) is 7.24. The predicted octanol–water partition coefficient (Wildman–Crippen LogP) is 2.87. The van der Waals surface area contributed by atoms with E-state index in [1.807, 2.05) is 6.92 Å². The Morgan fingerprint density at radius 1 is 1.15 bits per heavy atom. The van der Waals surface area contributed by atoms with Crippen LogP contribution in [0.4, 0.5) is 4.39 Å². The summed E-state index contributed by atoms with van der Waals surface area (Å²) < 4.78 is 14.5. The summed E-state index contributed by atoms with van der Waals surface area (Å²) in [5.74, 6) is -0.358. The maximum atomic E-state index is 13.0. The van der Waals surface area contributed by atoms with E-state index in [0.717, 1.165) is 5.56 Å². The van der Waals surface area contributed by atoms with Gasteiger partial charge in [-0.15, -0.1) is 5.10 Å². The van der Waals surface area contributed by atoms with Crippen molar-refractivity contribution in [2.45, 2.75) is 30.3 Å². The molecule has 1 amide bonds. The number of aromatic nitrogens is 4. The highest BCUT2D eigenvalue weighted by molar-refractivity contribution is 8.00. The Bertz CT molecular complexity index is 914. The highest BCUT2D eigenvalue weighted by atomic mass is 32.2. The van der Waals surface area contributed by atoms with Crippen LogP contribution in [0.1, 0.15) is 25.5 Å². The Kier molecular flexibility index (Phi) is 5.70. The van der Waals surface area contributed by atoms with E-state index in [9.17, 15) is 14.3 Å². The first-order valence-corrected chi connectivity index (χ1v) is 9.12. The van der Waals surface area contributed by atoms with Gasteiger partial charge in [0.25, 0.3) is 0 Å². The Labute approximate surface area is 159 Å². The largest absolute Gasteiger partial charge is 0.508 e. The molecule has 0 spiro atoms. The molecule has 0 fully saturated rings. The van der Waals surface area contributed by atoms with Gasteiger partial charge < -0.3 is 10.4 Å². The van der Waals surface area contributed by atoms with Crippen LogP contribution < -0.4 is 5.32 Å². The Morgan fingerprint density at radius 2 is 1.81 bits per heavy atom. The number of thioether (sulfide) groups is 1. The van der Waals surface area contributed by atoms with Crippen LogP contribution in [-0.4, -0.2) is 36.5 Å². The number of amides is 1. The van der Waals surface area contributed by atoms with Crippen LogP contribution in [0.25, 0.3) is 5.69 Å². The first-order chi connectivity index (χ1) is 12.9. The number of hydrogen-bond acceptors (Lipinski definition) is 6. The van der Waals surface area contributed by atoms with Crippen molar-refractivity contribution >= 4 is 17.7 Å². The van der Waals surface area contributed by atoms with Crippen LogP contribution in [0.5, 0.6) is 5.75 Å². The van der Waals surface area contributed by atoms with E-state index < -0.39 is 5.25 Å². The highest BCUT2D eigenvalue weighted by Gasteiger charge is 2.21. The fourth-order valence-electron chi connectivity index (χ4n) is 2.39. The third-order valence-corrected chi connectivity index (χ3v) is 4.95. The molecule has 2 aromatic carbocycles. The molecule has 0 aliphatic heterocycles. The van der Waals surface area contributed by atoms with Crippen LogP contribution >= 0.6 is 11.8 Å². The molecule has 2 N–H and O–H groups in total. The zero-order valence-electron chi connectivity index (χ0n) is 14.7. The third-order valence-electron chi connectivity index (χ3n) is 3.92. The Morgan fingerprint density at radius 3 is 2.48 bits per heavy atom. The van der Waals surface area contributed by atoms with E-state index in [2.05, 4.69) is 20.8 Å². The molecule has 9 heteroatoms. The summed E-state index contributed by atoms with van der Waals surface area (Å²) in [4.78, 5) is 12.5. The lowest BCUT2D eigenvalue weighted by atomic mass is 10.1. The van der Waals surface area contributed by atoms with Crippen LogP contribution in [-0.2, 0) is 4.79 Å². The van der Waals surface area contributed by atoms with Gasteiger partial charge in [-0.1, -0.05) is 23.9 Å². The molecule has 0 aliphatic rings. The Balaban J connectivity index is 1.66. The molecule has 3 rings (SSSR count). The lowest BCUT2D eigenvalue weighted by Gasteiger charge is -2.17. The highest BCUT2D eigenvalue weighted by Crippen LogP contribution is 2.24. The van der Waals surface area contributed by atoms with E-state index >= 15 is 0 Å². The van der Waals surface area contributed by atoms with E-state index in [1.165, 1.54) is 40.7 Å². The van der Waals surface area contributed by atoms with Crippen molar-refractivity contribution < 1.29 is 14.3 Å². The number of carbonyl (C=O) groups is 1. The van der Waals surface area contributed by atoms with Crippen molar-refractivity contribution in [3.8, 4) is 11.4 Å². The second kappa shape index (κ2) is 8.17. The van der Waals surface area contributed by atoms with Crippen molar-refractivity contribution in [3.05, 3.63) is 59.9 Å². The number of phenolic OH excluding ortho intramolecular Hbond substituents is 1. The molecule has 0 saturated carbocycles. The standard InChI is InChI=1S/C18H18FN5O2S/c1-11(13-3-5-14(19)6-4-13)20-17(26)12(2)27-18-21-22-23-24(18)15-7-9-16(25)10-8-15/h3-12,25H,1-2H3,(H,20,26)/t11-,12+/m1/s1. The first-order valence-electron chi connectivity index (χ1n) is 8.24. The van der Waals surface area contributed by atoms with Gasteiger partial charge in [0, 0.05) is 0 Å². The summed E-state index contributed by atoms with van der Waals surface area (Å²) in [7, 11) is 0. The van der Waals surface area contributed by atoms with Gasteiger partial charge in [0.1, 0.15) is 11.6 Å². The zero-order chi connectivity index (χ0) is 19.4. The van der Waals surface area contributed by atoms with Crippen LogP contribution in [0.3, 0.4) is 0 Å². The van der Waals surface area contributed by atoms with Gasteiger partial charge >= 0.3 is 0 Å². The van der Waals surface area contributed by atoms with Crippen LogP contribution in [0.15, 0.2) is 53.7 Å². The molecule has 2 atom stereocenters. The SMILES string of the molecule is C[C@H](Sc1nnnn1-c1ccc(O)cc1)C(=O)N[C@H](C)c1ccc(F)cc1. The smallest absolute Gasteiger partial charge is 0.233 e. The van der Waals surface area contributed by atoms with Crippen molar-refractivity contribution in [2.75, 3.05) is 0 Å². The molecular weight excluding hydrogens is 369 g/mol. The zero-order valence-corrected chi connectivity index (χ0v) is 15.5. The van der Waals surface area contributed by atoms with Gasteiger partial charge in [-0.25, -0.2) is 4.39 Å². The fourth-order valence-corrected chi connectivity index (χ4v) is 3.20. The minimum Gasteiger partial charge on any atom is -0.508 e. The van der Waals surface area contributed by atoms with Crippen molar-refractivity contribution in [3.63, 3.8) is 0 Å². The number of phenols is 1. The number of tetrazole rings is 1. The number of hydrogen-bond donors (Lipinski definition) is 2. The molecule has 140 valence electrons. The summed E-state index contributed by atoms with van der Waals surface area (Å²) in [6, 6.07) is 12.2. The molecule has 1 aromatic heterocycles. The van der Waals surface area contributed by atoms with Gasteiger partial charge in [-0.2, -0.15) is 4.68 Å². The predicted molar refractivity (Wildman–Crippen MR) is 99.1 cm³/mol. The number of rotatable bonds is 6. The topological polar surface area (TPSA) is 92.9 Å². The third kappa shape index (κ3) is 4.62. The second-order valence-electron chi connectivity index (χ2n) is 5.93.